The number of hydrogen-bond donors (Lipinski definition) is 2. The van der Waals surface area contributed by atoms with Gasteiger partial charge in [0, 0.05) is 29.7 Å². The Morgan fingerprint density at radius 3 is 1.93 bits per heavy atom. The van der Waals surface area contributed by atoms with E-state index in [1.807, 2.05) is 85.8 Å². The van der Waals surface area contributed by atoms with Crippen LogP contribution in [-0.4, -0.2) is 24.1 Å². The first kappa shape index (κ1) is 20.0. The second kappa shape index (κ2) is 9.99. The first-order valence-electron chi connectivity index (χ1n) is 9.46. The molecule has 0 radical (unpaired) electrons. The van der Waals surface area contributed by atoms with Crippen molar-refractivity contribution in [3.63, 3.8) is 0 Å². The molecule has 0 fully saturated rings. The number of nitrogens with one attached hydrogen (secondary N) is 2. The quantitative estimate of drug-likeness (QED) is 0.481. The third-order valence-electron chi connectivity index (χ3n) is 4.41. The SMILES string of the molecule is Cc1ccccc1C(=O)NCCC(=O)NN=C(c1ccccc1)c1ccccc1. The highest BCUT2D eigenvalue weighted by molar-refractivity contribution is 6.13. The van der Waals surface area contributed by atoms with Crippen LogP contribution < -0.4 is 10.7 Å². The Labute approximate surface area is 170 Å². The number of nitrogens with zero attached hydrogens (tertiary/aromatic N) is 1. The van der Waals surface area contributed by atoms with Crippen LogP contribution in [0.5, 0.6) is 0 Å². The van der Waals surface area contributed by atoms with Gasteiger partial charge >= 0.3 is 0 Å². The zero-order valence-electron chi connectivity index (χ0n) is 16.3. The lowest BCUT2D eigenvalue weighted by atomic mass is 10.0. The average Bonchev–Trinajstić information content (AvgIpc) is 2.75. The lowest BCUT2D eigenvalue weighted by Gasteiger charge is -2.09. The van der Waals surface area contributed by atoms with Gasteiger partial charge in [0.1, 0.15) is 0 Å². The molecule has 29 heavy (non-hydrogen) atoms. The third-order valence-corrected chi connectivity index (χ3v) is 4.41. The molecule has 2 N–H and O–H groups in total. The molecule has 5 heteroatoms. The van der Waals surface area contributed by atoms with E-state index in [0.717, 1.165) is 16.7 Å². The minimum Gasteiger partial charge on any atom is -0.352 e. The summed E-state index contributed by atoms with van der Waals surface area (Å²) in [4.78, 5) is 24.4. The molecule has 0 unspecified atom stereocenters. The van der Waals surface area contributed by atoms with Crippen LogP contribution in [0.1, 0.15) is 33.5 Å². The van der Waals surface area contributed by atoms with Crippen LogP contribution in [0.3, 0.4) is 0 Å². The summed E-state index contributed by atoms with van der Waals surface area (Å²) in [6.07, 6.45) is 0.137. The van der Waals surface area contributed by atoms with Crippen LogP contribution in [0.2, 0.25) is 0 Å². The number of carbonyl (C=O) groups is 2. The van der Waals surface area contributed by atoms with E-state index >= 15 is 0 Å². The summed E-state index contributed by atoms with van der Waals surface area (Å²) >= 11 is 0. The first-order valence-corrected chi connectivity index (χ1v) is 9.46. The van der Waals surface area contributed by atoms with Gasteiger partial charge in [-0.25, -0.2) is 5.43 Å². The van der Waals surface area contributed by atoms with E-state index in [9.17, 15) is 9.59 Å². The van der Waals surface area contributed by atoms with Gasteiger partial charge in [0.05, 0.1) is 5.71 Å². The summed E-state index contributed by atoms with van der Waals surface area (Å²) < 4.78 is 0. The average molecular weight is 385 g/mol. The number of rotatable bonds is 7. The van der Waals surface area contributed by atoms with Crippen molar-refractivity contribution in [3.8, 4) is 0 Å². The maximum atomic E-state index is 12.2. The van der Waals surface area contributed by atoms with Crippen molar-refractivity contribution >= 4 is 17.5 Å². The Morgan fingerprint density at radius 2 is 1.34 bits per heavy atom. The fourth-order valence-electron chi connectivity index (χ4n) is 2.87. The van der Waals surface area contributed by atoms with Crippen molar-refractivity contribution in [3.05, 3.63) is 107 Å². The highest BCUT2D eigenvalue weighted by atomic mass is 16.2. The summed E-state index contributed by atoms with van der Waals surface area (Å²) in [7, 11) is 0. The van der Waals surface area contributed by atoms with E-state index in [0.29, 0.717) is 11.3 Å². The second-order valence-electron chi connectivity index (χ2n) is 6.55. The Kier molecular flexibility index (Phi) is 6.90. The first-order chi connectivity index (χ1) is 14.1. The number of aryl methyl sites for hydroxylation is 1. The summed E-state index contributed by atoms with van der Waals surface area (Å²) in [5.74, 6) is -0.451. The van der Waals surface area contributed by atoms with Crippen LogP contribution in [0, 0.1) is 6.92 Å². The molecule has 5 nitrogen and oxygen atoms in total. The van der Waals surface area contributed by atoms with E-state index < -0.39 is 0 Å². The molecule has 0 saturated carbocycles. The van der Waals surface area contributed by atoms with E-state index in [-0.39, 0.29) is 24.8 Å². The van der Waals surface area contributed by atoms with Gasteiger partial charge in [-0.05, 0) is 18.6 Å². The predicted molar refractivity (Wildman–Crippen MR) is 115 cm³/mol. The number of hydrogen-bond acceptors (Lipinski definition) is 3. The van der Waals surface area contributed by atoms with Crippen molar-refractivity contribution in [2.45, 2.75) is 13.3 Å². The van der Waals surface area contributed by atoms with Gasteiger partial charge in [0.2, 0.25) is 5.91 Å². The Bertz CT molecular complexity index is 957. The molecular weight excluding hydrogens is 362 g/mol. The largest absolute Gasteiger partial charge is 0.352 e. The van der Waals surface area contributed by atoms with Crippen LogP contribution in [0.25, 0.3) is 0 Å². The van der Waals surface area contributed by atoms with Crippen molar-refractivity contribution in [2.75, 3.05) is 6.54 Å². The normalized spacial score (nSPS) is 10.1. The van der Waals surface area contributed by atoms with E-state index in [1.165, 1.54) is 0 Å². The molecule has 0 aliphatic carbocycles. The molecule has 146 valence electrons. The molecule has 0 aliphatic heterocycles. The van der Waals surface area contributed by atoms with Gasteiger partial charge in [-0.15, -0.1) is 0 Å². The van der Waals surface area contributed by atoms with Gasteiger partial charge in [-0.1, -0.05) is 78.9 Å². The van der Waals surface area contributed by atoms with Crippen LogP contribution >= 0.6 is 0 Å². The molecule has 0 bridgehead atoms. The molecule has 0 aromatic heterocycles. The van der Waals surface area contributed by atoms with E-state index in [4.69, 9.17) is 0 Å². The zero-order chi connectivity index (χ0) is 20.5. The minimum absolute atomic E-state index is 0.137. The predicted octanol–water partition coefficient (Wildman–Crippen LogP) is 3.68. The minimum atomic E-state index is -0.264. The Morgan fingerprint density at radius 1 is 0.793 bits per heavy atom. The molecule has 3 aromatic rings. The van der Waals surface area contributed by atoms with Crippen molar-refractivity contribution < 1.29 is 9.59 Å². The highest BCUT2D eigenvalue weighted by Crippen LogP contribution is 2.10. The molecule has 0 heterocycles. The molecule has 3 aromatic carbocycles. The van der Waals surface area contributed by atoms with Gasteiger partial charge < -0.3 is 5.32 Å². The molecule has 0 saturated heterocycles. The molecule has 2 amide bonds. The third kappa shape index (κ3) is 5.62. The van der Waals surface area contributed by atoms with Crippen molar-refractivity contribution in [1.29, 1.82) is 0 Å². The zero-order valence-corrected chi connectivity index (χ0v) is 16.3. The monoisotopic (exact) mass is 385 g/mol. The second-order valence-corrected chi connectivity index (χ2v) is 6.55. The molecule has 0 aliphatic rings. The van der Waals surface area contributed by atoms with Gasteiger partial charge in [-0.3, -0.25) is 9.59 Å². The standard InChI is InChI=1S/C24H23N3O2/c1-18-10-8-9-15-21(18)24(29)25-17-16-22(28)26-27-23(19-11-4-2-5-12-19)20-13-6-3-7-14-20/h2-15H,16-17H2,1H3,(H,25,29)(H,26,28). The number of amides is 2. The van der Waals surface area contributed by atoms with Crippen LogP contribution in [-0.2, 0) is 4.79 Å². The van der Waals surface area contributed by atoms with E-state index in [1.54, 1.807) is 6.07 Å². The Hall–Kier alpha value is -3.73. The summed E-state index contributed by atoms with van der Waals surface area (Å²) in [5.41, 5.74) is 6.61. The van der Waals surface area contributed by atoms with Gasteiger partial charge in [0.25, 0.3) is 5.91 Å². The van der Waals surface area contributed by atoms with Gasteiger partial charge in [-0.2, -0.15) is 5.10 Å². The lowest BCUT2D eigenvalue weighted by molar-refractivity contribution is -0.120. The highest BCUT2D eigenvalue weighted by Gasteiger charge is 2.10. The topological polar surface area (TPSA) is 70.6 Å². The Balaban J connectivity index is 1.60. The molecular formula is C24H23N3O2. The smallest absolute Gasteiger partial charge is 0.251 e. The van der Waals surface area contributed by atoms with Gasteiger partial charge in [0.15, 0.2) is 0 Å². The summed E-state index contributed by atoms with van der Waals surface area (Å²) in [5, 5.41) is 7.11. The molecule has 3 rings (SSSR count). The van der Waals surface area contributed by atoms with E-state index in [2.05, 4.69) is 15.8 Å². The summed E-state index contributed by atoms with van der Waals surface area (Å²) in [6, 6.07) is 26.7. The summed E-state index contributed by atoms with van der Waals surface area (Å²) in [6.45, 7) is 2.12. The maximum absolute atomic E-state index is 12.2. The molecule has 0 spiro atoms. The number of benzene rings is 3. The number of hydrazone groups is 1. The molecule has 0 atom stereocenters. The fraction of sp³-hybridized carbons (Fsp3) is 0.125. The van der Waals surface area contributed by atoms with Crippen LogP contribution in [0.15, 0.2) is 90.0 Å². The lowest BCUT2D eigenvalue weighted by Crippen LogP contribution is -2.29. The number of carbonyl (C=O) groups excluding carboxylic acids is 2. The van der Waals surface area contributed by atoms with Crippen molar-refractivity contribution in [2.24, 2.45) is 5.10 Å². The fourth-order valence-corrected chi connectivity index (χ4v) is 2.87. The van der Waals surface area contributed by atoms with Crippen molar-refractivity contribution in [1.82, 2.24) is 10.7 Å². The van der Waals surface area contributed by atoms with Crippen LogP contribution in [0.4, 0.5) is 0 Å². The maximum Gasteiger partial charge on any atom is 0.251 e.